The Morgan fingerprint density at radius 1 is 1.12 bits per heavy atom. The molecule has 0 unspecified atom stereocenters. The van der Waals surface area contributed by atoms with E-state index in [9.17, 15) is 9.59 Å². The van der Waals surface area contributed by atoms with E-state index in [0.29, 0.717) is 32.4 Å². The van der Waals surface area contributed by atoms with E-state index in [1.807, 2.05) is 12.1 Å². The molecule has 134 valence electrons. The van der Waals surface area contributed by atoms with Crippen LogP contribution in [0.3, 0.4) is 0 Å². The Morgan fingerprint density at radius 3 is 2.38 bits per heavy atom. The number of benzene rings is 1. The zero-order valence-electron chi connectivity index (χ0n) is 14.9. The van der Waals surface area contributed by atoms with Crippen LogP contribution in [0.1, 0.15) is 58.4 Å². The van der Waals surface area contributed by atoms with Gasteiger partial charge < -0.3 is 15.2 Å². The van der Waals surface area contributed by atoms with E-state index in [2.05, 4.69) is 38.2 Å². The number of hydrogen-bond acceptors (Lipinski definition) is 3. The summed E-state index contributed by atoms with van der Waals surface area (Å²) in [5.41, 5.74) is 1.45. The van der Waals surface area contributed by atoms with Gasteiger partial charge in [0, 0.05) is 19.4 Å². The van der Waals surface area contributed by atoms with Crippen LogP contribution >= 0.6 is 0 Å². The van der Waals surface area contributed by atoms with Crippen LogP contribution in [0.5, 0.6) is 5.75 Å². The van der Waals surface area contributed by atoms with Crippen molar-refractivity contribution in [1.82, 2.24) is 5.32 Å². The third-order valence-electron chi connectivity index (χ3n) is 4.23. The summed E-state index contributed by atoms with van der Waals surface area (Å²) in [7, 11) is 0. The maximum Gasteiger partial charge on any atom is 0.303 e. The molecule has 0 aliphatic heterocycles. The van der Waals surface area contributed by atoms with Crippen molar-refractivity contribution in [3.8, 4) is 5.75 Å². The Labute approximate surface area is 144 Å². The zero-order chi connectivity index (χ0) is 18.0. The highest BCUT2D eigenvalue weighted by Crippen LogP contribution is 2.28. The molecule has 1 amide bonds. The highest BCUT2D eigenvalue weighted by Gasteiger charge is 2.17. The van der Waals surface area contributed by atoms with Crippen LogP contribution in [-0.4, -0.2) is 30.1 Å². The second-order valence-electron chi connectivity index (χ2n) is 6.56. The van der Waals surface area contributed by atoms with Gasteiger partial charge in [0.1, 0.15) is 5.75 Å². The van der Waals surface area contributed by atoms with Gasteiger partial charge >= 0.3 is 5.97 Å². The number of carbonyl (C=O) groups is 2. The maximum absolute atomic E-state index is 11.6. The summed E-state index contributed by atoms with van der Waals surface area (Å²) in [6, 6.07) is 8.12. The summed E-state index contributed by atoms with van der Waals surface area (Å²) in [5.74, 6) is -0.0949. The smallest absolute Gasteiger partial charge is 0.303 e. The van der Waals surface area contributed by atoms with Gasteiger partial charge in [0.2, 0.25) is 5.91 Å². The number of nitrogens with one attached hydrogen (secondary N) is 1. The lowest BCUT2D eigenvalue weighted by Crippen LogP contribution is -2.25. The molecule has 1 aromatic carbocycles. The normalized spacial score (nSPS) is 11.1. The quantitative estimate of drug-likeness (QED) is 0.607. The van der Waals surface area contributed by atoms with Gasteiger partial charge in [-0.3, -0.25) is 9.59 Å². The summed E-state index contributed by atoms with van der Waals surface area (Å²) in [4.78, 5) is 21.9. The molecule has 5 nitrogen and oxygen atoms in total. The summed E-state index contributed by atoms with van der Waals surface area (Å²) in [6.07, 6.45) is 2.63. The molecular weight excluding hydrogens is 306 g/mol. The molecule has 0 aliphatic rings. The second-order valence-corrected chi connectivity index (χ2v) is 6.56. The van der Waals surface area contributed by atoms with Crippen molar-refractivity contribution in [2.45, 2.75) is 58.3 Å². The average molecular weight is 335 g/mol. The molecule has 1 rings (SSSR count). The van der Waals surface area contributed by atoms with Crippen LogP contribution in [0.4, 0.5) is 0 Å². The van der Waals surface area contributed by atoms with E-state index in [1.54, 1.807) is 0 Å². The lowest BCUT2D eigenvalue weighted by atomic mass is 9.82. The molecule has 0 radical (unpaired) electrons. The molecular formula is C19H29NO4. The molecule has 1 aromatic rings. The monoisotopic (exact) mass is 335 g/mol. The van der Waals surface area contributed by atoms with Crippen molar-refractivity contribution in [2.75, 3.05) is 13.2 Å². The van der Waals surface area contributed by atoms with Crippen molar-refractivity contribution in [3.63, 3.8) is 0 Å². The first-order chi connectivity index (χ1) is 11.3. The summed E-state index contributed by atoms with van der Waals surface area (Å²) < 4.78 is 5.66. The molecule has 0 heterocycles. The van der Waals surface area contributed by atoms with Gasteiger partial charge in [0.15, 0.2) is 0 Å². The fourth-order valence-electron chi connectivity index (χ4n) is 2.19. The van der Waals surface area contributed by atoms with Crippen LogP contribution in [0.2, 0.25) is 0 Å². The third-order valence-corrected chi connectivity index (χ3v) is 4.23. The summed E-state index contributed by atoms with van der Waals surface area (Å²) >= 11 is 0. The first kappa shape index (κ1) is 20.0. The molecule has 0 saturated heterocycles. The van der Waals surface area contributed by atoms with E-state index in [4.69, 9.17) is 9.84 Å². The van der Waals surface area contributed by atoms with E-state index < -0.39 is 5.97 Å². The molecule has 0 spiro atoms. The molecule has 0 bridgehead atoms. The first-order valence-corrected chi connectivity index (χ1v) is 8.57. The SMILES string of the molecule is CCC(C)(C)c1ccc(OCCCC(=O)NCCCC(=O)O)cc1. The van der Waals surface area contributed by atoms with Gasteiger partial charge in [0.25, 0.3) is 0 Å². The molecule has 0 aliphatic carbocycles. The standard InChI is InChI=1S/C19H29NO4/c1-4-19(2,3)15-9-11-16(12-10-15)24-14-6-7-17(21)20-13-5-8-18(22)23/h9-12H,4-8,13-14H2,1-3H3,(H,20,21)(H,22,23). The fraction of sp³-hybridized carbons (Fsp3) is 0.579. The number of carbonyl (C=O) groups excluding carboxylic acids is 1. The molecule has 0 aromatic heterocycles. The van der Waals surface area contributed by atoms with E-state index in [0.717, 1.165) is 12.2 Å². The van der Waals surface area contributed by atoms with Gasteiger partial charge in [-0.15, -0.1) is 0 Å². The van der Waals surface area contributed by atoms with Crippen molar-refractivity contribution in [2.24, 2.45) is 0 Å². The van der Waals surface area contributed by atoms with E-state index in [-0.39, 0.29) is 17.7 Å². The largest absolute Gasteiger partial charge is 0.494 e. The molecule has 24 heavy (non-hydrogen) atoms. The Bertz CT molecular complexity index is 523. The van der Waals surface area contributed by atoms with Crippen LogP contribution in [0.15, 0.2) is 24.3 Å². The molecule has 0 atom stereocenters. The first-order valence-electron chi connectivity index (χ1n) is 8.57. The van der Waals surface area contributed by atoms with Gasteiger partial charge in [0.05, 0.1) is 6.61 Å². The number of ether oxygens (including phenoxy) is 1. The molecule has 0 saturated carbocycles. The zero-order valence-corrected chi connectivity index (χ0v) is 14.9. The number of amides is 1. The second kappa shape index (κ2) is 9.96. The fourth-order valence-corrected chi connectivity index (χ4v) is 2.19. The van der Waals surface area contributed by atoms with Gasteiger partial charge in [-0.05, 0) is 42.4 Å². The maximum atomic E-state index is 11.6. The Kier molecular flexibility index (Phi) is 8.30. The number of aliphatic carboxylic acids is 1. The van der Waals surface area contributed by atoms with Crippen LogP contribution < -0.4 is 10.1 Å². The highest BCUT2D eigenvalue weighted by molar-refractivity contribution is 5.75. The predicted molar refractivity (Wildman–Crippen MR) is 94.4 cm³/mol. The molecule has 5 heteroatoms. The van der Waals surface area contributed by atoms with Gasteiger partial charge in [-0.25, -0.2) is 0 Å². The summed E-state index contributed by atoms with van der Waals surface area (Å²) in [6.45, 7) is 7.51. The Morgan fingerprint density at radius 2 is 1.79 bits per heavy atom. The Hall–Kier alpha value is -2.04. The van der Waals surface area contributed by atoms with E-state index in [1.165, 1.54) is 5.56 Å². The lowest BCUT2D eigenvalue weighted by Gasteiger charge is -2.23. The van der Waals surface area contributed by atoms with Crippen LogP contribution in [0.25, 0.3) is 0 Å². The minimum Gasteiger partial charge on any atom is -0.494 e. The molecule has 2 N–H and O–H groups in total. The molecule has 0 fully saturated rings. The van der Waals surface area contributed by atoms with Crippen molar-refractivity contribution < 1.29 is 19.4 Å². The summed E-state index contributed by atoms with van der Waals surface area (Å²) in [5, 5.41) is 11.2. The van der Waals surface area contributed by atoms with E-state index >= 15 is 0 Å². The average Bonchev–Trinajstić information content (AvgIpc) is 2.56. The minimum atomic E-state index is -0.842. The number of rotatable bonds is 11. The Balaban J connectivity index is 2.21. The number of hydrogen-bond donors (Lipinski definition) is 2. The van der Waals surface area contributed by atoms with Crippen molar-refractivity contribution in [3.05, 3.63) is 29.8 Å². The van der Waals surface area contributed by atoms with Crippen molar-refractivity contribution >= 4 is 11.9 Å². The number of carboxylic acids is 1. The highest BCUT2D eigenvalue weighted by atomic mass is 16.5. The minimum absolute atomic E-state index is 0.0657. The third kappa shape index (κ3) is 7.49. The van der Waals surface area contributed by atoms with Crippen LogP contribution in [-0.2, 0) is 15.0 Å². The topological polar surface area (TPSA) is 75.6 Å². The predicted octanol–water partition coefficient (Wildman–Crippen LogP) is 3.51. The lowest BCUT2D eigenvalue weighted by molar-refractivity contribution is -0.137. The number of carboxylic acid groups (broad SMARTS) is 1. The van der Waals surface area contributed by atoms with Gasteiger partial charge in [-0.1, -0.05) is 32.9 Å². The van der Waals surface area contributed by atoms with Gasteiger partial charge in [-0.2, -0.15) is 0 Å². The van der Waals surface area contributed by atoms with Crippen LogP contribution in [0, 0.1) is 0 Å². The van der Waals surface area contributed by atoms with Crippen molar-refractivity contribution in [1.29, 1.82) is 0 Å².